The highest BCUT2D eigenvalue weighted by Crippen LogP contribution is 2.41. The number of ether oxygens (including phenoxy) is 1. The third kappa shape index (κ3) is 2.33. The number of aromatic nitrogens is 3. The second-order valence-electron chi connectivity index (χ2n) is 5.03. The van der Waals surface area contributed by atoms with Crippen molar-refractivity contribution in [2.75, 3.05) is 0 Å². The largest absolute Gasteiger partial charge is 0.513 e. The van der Waals surface area contributed by atoms with Crippen LogP contribution in [0.5, 0.6) is 0 Å². The second kappa shape index (κ2) is 5.00. The minimum Gasteiger partial charge on any atom is -0.449 e. The van der Waals surface area contributed by atoms with Crippen molar-refractivity contribution in [1.29, 1.82) is 0 Å². The van der Waals surface area contributed by atoms with E-state index in [1.165, 1.54) is 4.52 Å². The smallest absolute Gasteiger partial charge is 0.449 e. The summed E-state index contributed by atoms with van der Waals surface area (Å²) in [6, 6.07) is 3.29. The fourth-order valence-corrected chi connectivity index (χ4v) is 2.95. The van der Waals surface area contributed by atoms with Gasteiger partial charge in [0.15, 0.2) is 5.65 Å². The van der Waals surface area contributed by atoms with Crippen molar-refractivity contribution in [2.45, 2.75) is 31.1 Å². The molecule has 0 bridgehead atoms. The number of hydrogen-bond donors (Lipinski definition) is 1. The molecular weight excluding hydrogens is 298 g/mol. The predicted octanol–water partition coefficient (Wildman–Crippen LogP) is 2.42. The van der Waals surface area contributed by atoms with Gasteiger partial charge in [-0.2, -0.15) is 5.10 Å². The SMILES string of the molecule is O=C(O)OC(=O)C1(c2cn3nc(Cl)ccc3n2)CCCC1. The third-order valence-electron chi connectivity index (χ3n) is 3.81. The number of imidazole rings is 1. The van der Waals surface area contributed by atoms with Crippen LogP contribution >= 0.6 is 11.6 Å². The zero-order valence-corrected chi connectivity index (χ0v) is 11.7. The average molecular weight is 310 g/mol. The van der Waals surface area contributed by atoms with Gasteiger partial charge < -0.3 is 9.84 Å². The summed E-state index contributed by atoms with van der Waals surface area (Å²) in [5.74, 6) is -0.776. The summed E-state index contributed by atoms with van der Waals surface area (Å²) in [5, 5.41) is 13.1. The first kappa shape index (κ1) is 13.8. The van der Waals surface area contributed by atoms with Crippen LogP contribution in [-0.2, 0) is 14.9 Å². The van der Waals surface area contributed by atoms with Gasteiger partial charge in [0.25, 0.3) is 0 Å². The molecule has 1 fully saturated rings. The van der Waals surface area contributed by atoms with Crippen LogP contribution in [-0.4, -0.2) is 31.8 Å². The maximum Gasteiger partial charge on any atom is 0.513 e. The molecular formula is C13H12ClN3O4. The third-order valence-corrected chi connectivity index (χ3v) is 4.01. The number of halogens is 1. The molecule has 0 aliphatic heterocycles. The maximum atomic E-state index is 12.2. The zero-order valence-electron chi connectivity index (χ0n) is 11.0. The van der Waals surface area contributed by atoms with Gasteiger partial charge >= 0.3 is 12.1 Å². The topological polar surface area (TPSA) is 93.8 Å². The molecule has 7 nitrogen and oxygen atoms in total. The first-order valence-electron chi connectivity index (χ1n) is 6.49. The van der Waals surface area contributed by atoms with Gasteiger partial charge in [0.1, 0.15) is 10.6 Å². The van der Waals surface area contributed by atoms with Gasteiger partial charge in [-0.15, -0.1) is 0 Å². The maximum absolute atomic E-state index is 12.2. The number of fused-ring (bicyclic) bond motifs is 1. The molecule has 0 radical (unpaired) electrons. The lowest BCUT2D eigenvalue weighted by Gasteiger charge is -2.22. The van der Waals surface area contributed by atoms with E-state index in [1.54, 1.807) is 18.3 Å². The number of hydrogen-bond acceptors (Lipinski definition) is 5. The van der Waals surface area contributed by atoms with Crippen LogP contribution in [0.1, 0.15) is 31.4 Å². The first-order chi connectivity index (χ1) is 10.0. The van der Waals surface area contributed by atoms with Crippen LogP contribution in [0.4, 0.5) is 4.79 Å². The van der Waals surface area contributed by atoms with Gasteiger partial charge in [-0.25, -0.2) is 14.3 Å². The van der Waals surface area contributed by atoms with Crippen LogP contribution < -0.4 is 0 Å². The number of esters is 1. The quantitative estimate of drug-likeness (QED) is 0.676. The fraction of sp³-hybridized carbons (Fsp3) is 0.385. The van der Waals surface area contributed by atoms with E-state index in [0.717, 1.165) is 12.8 Å². The Labute approximate surface area is 124 Å². The standard InChI is InChI=1S/C13H12ClN3O4/c14-9-3-4-10-15-8(7-17(10)16-9)13(5-1-2-6-13)11(18)21-12(19)20/h3-4,7H,1-2,5-6H2,(H,19,20). The number of nitrogens with zero attached hydrogens (tertiary/aromatic N) is 3. The average Bonchev–Trinajstić information content (AvgIpc) is 3.04. The molecule has 2 aromatic heterocycles. The van der Waals surface area contributed by atoms with Gasteiger partial charge in [0, 0.05) is 0 Å². The van der Waals surface area contributed by atoms with Gasteiger partial charge in [-0.3, -0.25) is 4.79 Å². The normalized spacial score (nSPS) is 17.0. The molecule has 0 amide bonds. The molecule has 2 aromatic rings. The summed E-state index contributed by atoms with van der Waals surface area (Å²) in [4.78, 5) is 27.3. The summed E-state index contributed by atoms with van der Waals surface area (Å²) < 4.78 is 5.87. The van der Waals surface area contributed by atoms with Crippen molar-refractivity contribution in [2.24, 2.45) is 0 Å². The van der Waals surface area contributed by atoms with Gasteiger partial charge in [0.2, 0.25) is 0 Å². The summed E-state index contributed by atoms with van der Waals surface area (Å²) in [6.07, 6.45) is 2.66. The minimum atomic E-state index is -1.60. The van der Waals surface area contributed by atoms with Crippen LogP contribution in [0.3, 0.4) is 0 Å². The lowest BCUT2D eigenvalue weighted by molar-refractivity contribution is -0.145. The Bertz CT molecular complexity index is 721. The molecule has 0 atom stereocenters. The number of carboxylic acid groups (broad SMARTS) is 1. The zero-order chi connectivity index (χ0) is 15.0. The lowest BCUT2D eigenvalue weighted by Crippen LogP contribution is -2.36. The van der Waals surface area contributed by atoms with Gasteiger partial charge in [-0.05, 0) is 25.0 Å². The van der Waals surface area contributed by atoms with E-state index >= 15 is 0 Å². The van der Waals surface area contributed by atoms with Crippen LogP contribution in [0, 0.1) is 0 Å². The summed E-state index contributed by atoms with van der Waals surface area (Å²) in [5.41, 5.74) is 0.00304. The van der Waals surface area contributed by atoms with E-state index in [9.17, 15) is 9.59 Å². The molecule has 1 saturated carbocycles. The van der Waals surface area contributed by atoms with Gasteiger partial charge in [0.05, 0.1) is 11.9 Å². The van der Waals surface area contributed by atoms with Crippen LogP contribution in [0.25, 0.3) is 5.65 Å². The molecule has 21 heavy (non-hydrogen) atoms. The van der Waals surface area contributed by atoms with Crippen molar-refractivity contribution in [3.63, 3.8) is 0 Å². The lowest BCUT2D eigenvalue weighted by atomic mass is 9.83. The molecule has 3 rings (SSSR count). The Morgan fingerprint density at radius 1 is 1.33 bits per heavy atom. The summed E-state index contributed by atoms with van der Waals surface area (Å²) >= 11 is 5.82. The van der Waals surface area contributed by atoms with E-state index in [4.69, 9.17) is 16.7 Å². The van der Waals surface area contributed by atoms with E-state index < -0.39 is 17.5 Å². The molecule has 0 aromatic carbocycles. The molecule has 2 heterocycles. The molecule has 0 unspecified atom stereocenters. The Kier molecular flexibility index (Phi) is 3.29. The summed E-state index contributed by atoms with van der Waals surface area (Å²) in [6.45, 7) is 0. The molecule has 0 saturated heterocycles. The molecule has 1 aliphatic rings. The highest BCUT2D eigenvalue weighted by atomic mass is 35.5. The minimum absolute atomic E-state index is 0.306. The monoisotopic (exact) mass is 309 g/mol. The molecule has 1 aliphatic carbocycles. The number of rotatable bonds is 2. The molecule has 110 valence electrons. The summed E-state index contributed by atoms with van der Waals surface area (Å²) in [7, 11) is 0. The van der Waals surface area contributed by atoms with E-state index in [2.05, 4.69) is 14.8 Å². The van der Waals surface area contributed by atoms with Crippen molar-refractivity contribution in [1.82, 2.24) is 14.6 Å². The Morgan fingerprint density at radius 2 is 2.05 bits per heavy atom. The Hall–Kier alpha value is -2.15. The molecule has 8 heteroatoms. The van der Waals surface area contributed by atoms with E-state index in [-0.39, 0.29) is 0 Å². The number of carbonyl (C=O) groups excluding carboxylic acids is 1. The van der Waals surface area contributed by atoms with Crippen molar-refractivity contribution in [3.05, 3.63) is 29.2 Å². The van der Waals surface area contributed by atoms with Crippen molar-refractivity contribution in [3.8, 4) is 0 Å². The number of carbonyl (C=O) groups is 2. The molecule has 1 N–H and O–H groups in total. The second-order valence-corrected chi connectivity index (χ2v) is 5.42. The highest BCUT2D eigenvalue weighted by molar-refractivity contribution is 6.29. The van der Waals surface area contributed by atoms with Gasteiger partial charge in [-0.1, -0.05) is 24.4 Å². The van der Waals surface area contributed by atoms with E-state index in [0.29, 0.717) is 29.3 Å². The highest BCUT2D eigenvalue weighted by Gasteiger charge is 2.47. The van der Waals surface area contributed by atoms with E-state index in [1.807, 2.05) is 0 Å². The fourth-order valence-electron chi connectivity index (χ4n) is 2.81. The Balaban J connectivity index is 2.06. The molecule has 0 spiro atoms. The van der Waals surface area contributed by atoms with Crippen molar-refractivity contribution >= 4 is 29.4 Å². The van der Waals surface area contributed by atoms with Crippen LogP contribution in [0.2, 0.25) is 5.15 Å². The Morgan fingerprint density at radius 3 is 2.71 bits per heavy atom. The van der Waals surface area contributed by atoms with Crippen LogP contribution in [0.15, 0.2) is 18.3 Å². The first-order valence-corrected chi connectivity index (χ1v) is 6.87. The predicted molar refractivity (Wildman–Crippen MR) is 72.3 cm³/mol. The van der Waals surface area contributed by atoms with Crippen molar-refractivity contribution < 1.29 is 19.4 Å².